The molecule has 0 unspecified atom stereocenters. The Kier molecular flexibility index (Phi) is 4.84. The smallest absolute Gasteiger partial charge is 0.257 e. The second kappa shape index (κ2) is 6.15. The van der Waals surface area contributed by atoms with E-state index in [1.54, 1.807) is 12.1 Å². The van der Waals surface area contributed by atoms with Crippen LogP contribution in [0.3, 0.4) is 0 Å². The molecule has 0 heterocycles. The monoisotopic (exact) mass is 244 g/mol. The van der Waals surface area contributed by atoms with Gasteiger partial charge in [0, 0.05) is 13.1 Å². The third-order valence-corrected chi connectivity index (χ3v) is 2.18. The third kappa shape index (κ3) is 3.67. The molecule has 0 fully saturated rings. The van der Waals surface area contributed by atoms with Crippen LogP contribution < -0.4 is 5.73 Å². The first-order valence-electron chi connectivity index (χ1n) is 5.11. The van der Waals surface area contributed by atoms with Crippen LogP contribution in [-0.2, 0) is 0 Å². The van der Waals surface area contributed by atoms with Crippen molar-refractivity contribution in [2.75, 3.05) is 19.6 Å². The van der Waals surface area contributed by atoms with Gasteiger partial charge < -0.3 is 15.7 Å². The summed E-state index contributed by atoms with van der Waals surface area (Å²) >= 11 is 0. The molecule has 0 aromatic heterocycles. The van der Waals surface area contributed by atoms with E-state index >= 15 is 0 Å². The number of benzene rings is 1. The molecule has 1 aromatic carbocycles. The van der Waals surface area contributed by atoms with Crippen molar-refractivity contribution in [3.8, 4) is 5.75 Å². The lowest BCUT2D eigenvalue weighted by Crippen LogP contribution is -2.38. The van der Waals surface area contributed by atoms with Gasteiger partial charge in [0.1, 0.15) is 5.75 Å². The maximum absolute atomic E-state index is 12.3. The Labute approximate surface area is 97.6 Å². The molecule has 4 nitrogen and oxygen atoms in total. The van der Waals surface area contributed by atoms with Crippen molar-refractivity contribution in [3.63, 3.8) is 0 Å². The molecule has 0 spiro atoms. The maximum atomic E-state index is 12.3. The van der Waals surface area contributed by atoms with Crippen molar-refractivity contribution in [1.29, 1.82) is 0 Å². The van der Waals surface area contributed by atoms with Crippen molar-refractivity contribution in [3.05, 3.63) is 29.8 Å². The normalized spacial score (nSPS) is 10.6. The molecule has 94 valence electrons. The van der Waals surface area contributed by atoms with Gasteiger partial charge in [0.25, 0.3) is 12.3 Å². The number of para-hydroxylation sites is 1. The first kappa shape index (κ1) is 13.4. The molecule has 6 heteroatoms. The van der Waals surface area contributed by atoms with E-state index in [0.717, 1.165) is 4.90 Å². The molecule has 0 saturated carbocycles. The average Bonchev–Trinajstić information content (AvgIpc) is 2.28. The first-order valence-corrected chi connectivity index (χ1v) is 5.11. The van der Waals surface area contributed by atoms with E-state index in [0.29, 0.717) is 0 Å². The van der Waals surface area contributed by atoms with Gasteiger partial charge in [-0.1, -0.05) is 12.1 Å². The molecule has 1 amide bonds. The summed E-state index contributed by atoms with van der Waals surface area (Å²) < 4.78 is 24.6. The number of nitrogens with two attached hydrogens (primary N) is 1. The van der Waals surface area contributed by atoms with E-state index in [9.17, 15) is 18.7 Å². The molecule has 0 atom stereocenters. The molecular weight excluding hydrogens is 230 g/mol. The third-order valence-electron chi connectivity index (χ3n) is 2.18. The molecule has 0 aliphatic rings. The highest BCUT2D eigenvalue weighted by atomic mass is 19.3. The van der Waals surface area contributed by atoms with Gasteiger partial charge in [0.2, 0.25) is 0 Å². The Morgan fingerprint density at radius 3 is 2.59 bits per heavy atom. The standard InChI is InChI=1S/C11H14F2N2O2/c12-10(13)7-15(6-5-14)11(17)8-3-1-2-4-9(8)16/h1-4,10,16H,5-7,14H2. The van der Waals surface area contributed by atoms with E-state index < -0.39 is 18.9 Å². The number of carbonyl (C=O) groups excluding carboxylic acids is 1. The minimum Gasteiger partial charge on any atom is -0.507 e. The van der Waals surface area contributed by atoms with Gasteiger partial charge in [-0.2, -0.15) is 0 Å². The van der Waals surface area contributed by atoms with Crippen molar-refractivity contribution >= 4 is 5.91 Å². The fraction of sp³-hybridized carbons (Fsp3) is 0.364. The Bertz CT molecular complexity index is 385. The van der Waals surface area contributed by atoms with Crippen LogP contribution in [0, 0.1) is 0 Å². The van der Waals surface area contributed by atoms with E-state index in [4.69, 9.17) is 5.73 Å². The van der Waals surface area contributed by atoms with Gasteiger partial charge in [0.05, 0.1) is 12.1 Å². The predicted octanol–water partition coefficient (Wildman–Crippen LogP) is 1.06. The van der Waals surface area contributed by atoms with E-state index in [1.807, 2.05) is 0 Å². The number of amides is 1. The highest BCUT2D eigenvalue weighted by Gasteiger charge is 2.21. The van der Waals surface area contributed by atoms with Crippen LogP contribution in [0.2, 0.25) is 0 Å². The van der Waals surface area contributed by atoms with Crippen molar-refractivity contribution < 1.29 is 18.7 Å². The van der Waals surface area contributed by atoms with Crippen LogP contribution in [0.4, 0.5) is 8.78 Å². The van der Waals surface area contributed by atoms with Crippen LogP contribution in [-0.4, -0.2) is 42.0 Å². The SMILES string of the molecule is NCCN(CC(F)F)C(=O)c1ccccc1O. The van der Waals surface area contributed by atoms with E-state index in [-0.39, 0.29) is 24.4 Å². The summed E-state index contributed by atoms with van der Waals surface area (Å²) in [6.45, 7) is -0.575. The van der Waals surface area contributed by atoms with Gasteiger partial charge in [-0.3, -0.25) is 4.79 Å². The highest BCUT2D eigenvalue weighted by molar-refractivity contribution is 5.96. The van der Waals surface area contributed by atoms with Crippen LogP contribution in [0.1, 0.15) is 10.4 Å². The Morgan fingerprint density at radius 1 is 1.41 bits per heavy atom. The summed E-state index contributed by atoms with van der Waals surface area (Å²) in [6, 6.07) is 5.81. The summed E-state index contributed by atoms with van der Waals surface area (Å²) in [4.78, 5) is 12.8. The van der Waals surface area contributed by atoms with Crippen molar-refractivity contribution in [1.82, 2.24) is 4.90 Å². The number of alkyl halides is 2. The van der Waals surface area contributed by atoms with Gasteiger partial charge in [-0.05, 0) is 12.1 Å². The van der Waals surface area contributed by atoms with Crippen molar-refractivity contribution in [2.24, 2.45) is 5.73 Å². The minimum absolute atomic E-state index is 0.00148. The first-order chi connectivity index (χ1) is 8.06. The van der Waals surface area contributed by atoms with E-state index in [2.05, 4.69) is 0 Å². The molecule has 3 N–H and O–H groups in total. The number of phenols is 1. The number of hydrogen-bond donors (Lipinski definition) is 2. The summed E-state index contributed by atoms with van der Waals surface area (Å²) in [5, 5.41) is 9.47. The fourth-order valence-corrected chi connectivity index (χ4v) is 1.42. The zero-order valence-corrected chi connectivity index (χ0v) is 9.14. The van der Waals surface area contributed by atoms with Gasteiger partial charge in [-0.25, -0.2) is 8.78 Å². The van der Waals surface area contributed by atoms with Crippen LogP contribution in [0.15, 0.2) is 24.3 Å². The highest BCUT2D eigenvalue weighted by Crippen LogP contribution is 2.18. The summed E-state index contributed by atoms with van der Waals surface area (Å²) in [6.07, 6.45) is -2.63. The quantitative estimate of drug-likeness (QED) is 0.813. The fourth-order valence-electron chi connectivity index (χ4n) is 1.42. The molecule has 0 radical (unpaired) electrons. The Balaban J connectivity index is 2.88. The second-order valence-corrected chi connectivity index (χ2v) is 3.45. The number of phenolic OH excluding ortho intramolecular Hbond substituents is 1. The van der Waals surface area contributed by atoms with Crippen LogP contribution in [0.5, 0.6) is 5.75 Å². The van der Waals surface area contributed by atoms with Crippen LogP contribution >= 0.6 is 0 Å². The molecule has 17 heavy (non-hydrogen) atoms. The molecule has 0 aliphatic heterocycles. The number of carbonyl (C=O) groups is 1. The topological polar surface area (TPSA) is 66.6 Å². The van der Waals surface area contributed by atoms with Gasteiger partial charge in [0.15, 0.2) is 0 Å². The lowest BCUT2D eigenvalue weighted by atomic mass is 10.1. The number of aromatic hydroxyl groups is 1. The summed E-state index contributed by atoms with van der Waals surface area (Å²) in [7, 11) is 0. The zero-order valence-electron chi connectivity index (χ0n) is 9.14. The average molecular weight is 244 g/mol. The summed E-state index contributed by atoms with van der Waals surface area (Å²) in [5.74, 6) is -0.873. The maximum Gasteiger partial charge on any atom is 0.257 e. The number of halogens is 2. The molecule has 0 aliphatic carbocycles. The Hall–Kier alpha value is -1.69. The molecule has 1 rings (SSSR count). The molecular formula is C11H14F2N2O2. The molecule has 0 bridgehead atoms. The molecule has 1 aromatic rings. The van der Waals surface area contributed by atoms with Crippen LogP contribution in [0.25, 0.3) is 0 Å². The molecule has 0 saturated heterocycles. The minimum atomic E-state index is -2.63. The largest absolute Gasteiger partial charge is 0.507 e. The zero-order chi connectivity index (χ0) is 12.8. The van der Waals surface area contributed by atoms with Crippen molar-refractivity contribution in [2.45, 2.75) is 6.43 Å². The summed E-state index contributed by atoms with van der Waals surface area (Å²) in [5.41, 5.74) is 5.26. The van der Waals surface area contributed by atoms with Gasteiger partial charge in [-0.15, -0.1) is 0 Å². The lowest BCUT2D eigenvalue weighted by Gasteiger charge is -2.21. The lowest BCUT2D eigenvalue weighted by molar-refractivity contribution is 0.0560. The van der Waals surface area contributed by atoms with E-state index in [1.165, 1.54) is 12.1 Å². The number of rotatable bonds is 5. The number of nitrogens with zero attached hydrogens (tertiary/aromatic N) is 1. The predicted molar refractivity (Wildman–Crippen MR) is 59.1 cm³/mol. The second-order valence-electron chi connectivity index (χ2n) is 3.45. The van der Waals surface area contributed by atoms with Gasteiger partial charge >= 0.3 is 0 Å². The Morgan fingerprint density at radius 2 is 2.06 bits per heavy atom. The number of hydrogen-bond acceptors (Lipinski definition) is 3.